The van der Waals surface area contributed by atoms with Gasteiger partial charge in [-0.1, -0.05) is 30.7 Å². The summed E-state index contributed by atoms with van der Waals surface area (Å²) >= 11 is 6.38. The molecule has 0 bridgehead atoms. The lowest BCUT2D eigenvalue weighted by Gasteiger charge is -2.20. The van der Waals surface area contributed by atoms with Crippen LogP contribution in [0.2, 0.25) is 5.02 Å². The molecular formula is C18H23ClN2. The Morgan fingerprint density at radius 2 is 1.76 bits per heavy atom. The molecule has 0 aliphatic rings. The van der Waals surface area contributed by atoms with E-state index in [0.717, 1.165) is 29.4 Å². The molecule has 0 saturated carbocycles. The van der Waals surface area contributed by atoms with Crippen LogP contribution in [0.1, 0.15) is 41.0 Å². The highest BCUT2D eigenvalue weighted by Crippen LogP contribution is 2.25. The molecule has 0 spiro atoms. The fourth-order valence-corrected chi connectivity index (χ4v) is 2.97. The topological polar surface area (TPSA) is 24.9 Å². The first-order valence-corrected chi connectivity index (χ1v) is 7.81. The van der Waals surface area contributed by atoms with Crippen molar-refractivity contribution in [3.8, 4) is 0 Å². The minimum atomic E-state index is 0.260. The van der Waals surface area contributed by atoms with E-state index >= 15 is 0 Å². The second-order valence-corrected chi connectivity index (χ2v) is 6.00. The zero-order chi connectivity index (χ0) is 15.4. The predicted octanol–water partition coefficient (Wildman–Crippen LogP) is 4.55. The summed E-state index contributed by atoms with van der Waals surface area (Å²) in [5.74, 6) is 0. The van der Waals surface area contributed by atoms with Crippen molar-refractivity contribution in [3.63, 3.8) is 0 Å². The SMILES string of the molecule is CCNC(Cc1ccc(C)cc1Cl)c1cc(C)nc(C)c1. The lowest BCUT2D eigenvalue weighted by Crippen LogP contribution is -2.23. The molecule has 1 atom stereocenters. The van der Waals surface area contributed by atoms with Gasteiger partial charge in [0.2, 0.25) is 0 Å². The molecule has 0 saturated heterocycles. The molecule has 1 heterocycles. The van der Waals surface area contributed by atoms with Crippen LogP contribution in [0.3, 0.4) is 0 Å². The van der Waals surface area contributed by atoms with Gasteiger partial charge in [-0.15, -0.1) is 0 Å². The van der Waals surface area contributed by atoms with E-state index < -0.39 is 0 Å². The number of benzene rings is 1. The van der Waals surface area contributed by atoms with Gasteiger partial charge in [0.25, 0.3) is 0 Å². The van der Waals surface area contributed by atoms with Crippen LogP contribution in [-0.4, -0.2) is 11.5 Å². The Morgan fingerprint density at radius 3 is 2.33 bits per heavy atom. The van der Waals surface area contributed by atoms with Crippen molar-refractivity contribution in [2.24, 2.45) is 0 Å². The second kappa shape index (κ2) is 7.06. The van der Waals surface area contributed by atoms with Crippen LogP contribution in [0.15, 0.2) is 30.3 Å². The lowest BCUT2D eigenvalue weighted by molar-refractivity contribution is 0.548. The summed E-state index contributed by atoms with van der Waals surface area (Å²) in [6, 6.07) is 10.8. The van der Waals surface area contributed by atoms with Crippen molar-refractivity contribution in [2.75, 3.05) is 6.54 Å². The Kier molecular flexibility index (Phi) is 5.38. The number of likely N-dealkylation sites (N-methyl/N-ethyl adjacent to an activating group) is 1. The van der Waals surface area contributed by atoms with Crippen molar-refractivity contribution in [3.05, 3.63) is 63.4 Å². The van der Waals surface area contributed by atoms with Gasteiger partial charge in [0.05, 0.1) is 0 Å². The fourth-order valence-electron chi connectivity index (χ4n) is 2.66. The quantitative estimate of drug-likeness (QED) is 0.876. The van der Waals surface area contributed by atoms with Crippen LogP contribution in [0.4, 0.5) is 0 Å². The van der Waals surface area contributed by atoms with Gasteiger partial charge in [0, 0.05) is 22.5 Å². The maximum Gasteiger partial charge on any atom is 0.0441 e. The monoisotopic (exact) mass is 302 g/mol. The average molecular weight is 303 g/mol. The second-order valence-electron chi connectivity index (χ2n) is 5.59. The van der Waals surface area contributed by atoms with Gasteiger partial charge in [0.1, 0.15) is 0 Å². The Bertz CT molecular complexity index is 602. The molecule has 0 radical (unpaired) electrons. The maximum atomic E-state index is 6.38. The number of hydrogen-bond acceptors (Lipinski definition) is 2. The summed E-state index contributed by atoms with van der Waals surface area (Å²) in [6.45, 7) is 9.20. The molecule has 21 heavy (non-hydrogen) atoms. The normalized spacial score (nSPS) is 12.4. The number of rotatable bonds is 5. The highest BCUT2D eigenvalue weighted by molar-refractivity contribution is 6.31. The molecule has 112 valence electrons. The largest absolute Gasteiger partial charge is 0.310 e. The third kappa shape index (κ3) is 4.29. The summed E-state index contributed by atoms with van der Waals surface area (Å²) in [5.41, 5.74) is 5.77. The minimum Gasteiger partial charge on any atom is -0.310 e. The average Bonchev–Trinajstić information content (AvgIpc) is 2.40. The molecule has 0 aliphatic heterocycles. The highest BCUT2D eigenvalue weighted by Gasteiger charge is 2.14. The molecule has 1 aromatic heterocycles. The maximum absolute atomic E-state index is 6.38. The Balaban J connectivity index is 2.30. The van der Waals surface area contributed by atoms with Crippen molar-refractivity contribution in [2.45, 2.75) is 40.2 Å². The van der Waals surface area contributed by atoms with Gasteiger partial charge >= 0.3 is 0 Å². The zero-order valence-corrected chi connectivity index (χ0v) is 14.0. The number of halogens is 1. The number of hydrogen-bond donors (Lipinski definition) is 1. The summed E-state index contributed by atoms with van der Waals surface area (Å²) in [5, 5.41) is 4.40. The van der Waals surface area contributed by atoms with E-state index in [4.69, 9.17) is 11.6 Å². The molecule has 0 amide bonds. The van der Waals surface area contributed by atoms with Gasteiger partial charge < -0.3 is 5.32 Å². The summed E-state index contributed by atoms with van der Waals surface area (Å²) in [7, 11) is 0. The zero-order valence-electron chi connectivity index (χ0n) is 13.2. The van der Waals surface area contributed by atoms with Gasteiger partial charge in [0.15, 0.2) is 0 Å². The smallest absolute Gasteiger partial charge is 0.0441 e. The Hall–Kier alpha value is -1.38. The molecule has 0 aliphatic carbocycles. The number of nitrogens with zero attached hydrogens (tertiary/aromatic N) is 1. The van der Waals surface area contributed by atoms with E-state index in [9.17, 15) is 0 Å². The van der Waals surface area contributed by atoms with E-state index in [-0.39, 0.29) is 6.04 Å². The molecule has 2 rings (SSSR count). The number of pyridine rings is 1. The van der Waals surface area contributed by atoms with E-state index in [1.807, 2.05) is 19.9 Å². The molecule has 1 aromatic carbocycles. The Labute approximate surface area is 132 Å². The van der Waals surface area contributed by atoms with Crippen LogP contribution in [0.25, 0.3) is 0 Å². The fraction of sp³-hybridized carbons (Fsp3) is 0.389. The van der Waals surface area contributed by atoms with Crippen molar-refractivity contribution in [1.82, 2.24) is 10.3 Å². The third-order valence-corrected chi connectivity index (χ3v) is 3.94. The van der Waals surface area contributed by atoms with Crippen LogP contribution >= 0.6 is 11.6 Å². The van der Waals surface area contributed by atoms with Gasteiger partial charge in [-0.2, -0.15) is 0 Å². The number of nitrogens with one attached hydrogen (secondary N) is 1. The number of aromatic nitrogens is 1. The van der Waals surface area contributed by atoms with Crippen LogP contribution in [0.5, 0.6) is 0 Å². The first kappa shape index (κ1) is 16.0. The lowest BCUT2D eigenvalue weighted by atomic mass is 9.97. The van der Waals surface area contributed by atoms with Crippen molar-refractivity contribution >= 4 is 11.6 Å². The summed E-state index contributed by atoms with van der Waals surface area (Å²) in [6.07, 6.45) is 0.885. The van der Waals surface area contributed by atoms with E-state index in [2.05, 4.69) is 48.4 Å². The van der Waals surface area contributed by atoms with Gasteiger partial charge in [-0.3, -0.25) is 4.98 Å². The molecule has 1 unspecified atom stereocenters. The molecule has 0 fully saturated rings. The summed E-state index contributed by atoms with van der Waals surface area (Å²) in [4.78, 5) is 4.46. The van der Waals surface area contributed by atoms with Crippen LogP contribution in [0, 0.1) is 20.8 Å². The standard InChI is InChI=1S/C18H23ClN2/c1-5-20-18(16-9-13(3)21-14(4)10-16)11-15-7-6-12(2)8-17(15)19/h6-10,18,20H,5,11H2,1-4H3. The minimum absolute atomic E-state index is 0.260. The number of aryl methyl sites for hydroxylation is 3. The van der Waals surface area contributed by atoms with E-state index in [1.165, 1.54) is 16.7 Å². The highest BCUT2D eigenvalue weighted by atomic mass is 35.5. The van der Waals surface area contributed by atoms with Crippen molar-refractivity contribution < 1.29 is 0 Å². The van der Waals surface area contributed by atoms with E-state index in [0.29, 0.717) is 0 Å². The molecular weight excluding hydrogens is 280 g/mol. The van der Waals surface area contributed by atoms with Gasteiger partial charge in [-0.25, -0.2) is 0 Å². The van der Waals surface area contributed by atoms with Crippen molar-refractivity contribution in [1.29, 1.82) is 0 Å². The van der Waals surface area contributed by atoms with Gasteiger partial charge in [-0.05, 0) is 68.6 Å². The third-order valence-electron chi connectivity index (χ3n) is 3.59. The molecule has 2 nitrogen and oxygen atoms in total. The molecule has 1 N–H and O–H groups in total. The first-order chi connectivity index (χ1) is 9.99. The van der Waals surface area contributed by atoms with Crippen LogP contribution in [-0.2, 0) is 6.42 Å². The molecule has 3 heteroatoms. The Morgan fingerprint density at radius 1 is 1.10 bits per heavy atom. The van der Waals surface area contributed by atoms with E-state index in [1.54, 1.807) is 0 Å². The summed E-state index contributed by atoms with van der Waals surface area (Å²) < 4.78 is 0. The first-order valence-electron chi connectivity index (χ1n) is 7.43. The van der Waals surface area contributed by atoms with Crippen LogP contribution < -0.4 is 5.32 Å². The predicted molar refractivity (Wildman–Crippen MR) is 90.0 cm³/mol. The molecule has 2 aromatic rings.